The summed E-state index contributed by atoms with van der Waals surface area (Å²) in [5, 5.41) is 11.4. The maximum Gasteiger partial charge on any atom is 0.328 e. The van der Waals surface area contributed by atoms with Gasteiger partial charge in [-0.15, -0.1) is 11.3 Å². The van der Waals surface area contributed by atoms with Crippen LogP contribution >= 0.6 is 11.3 Å². The summed E-state index contributed by atoms with van der Waals surface area (Å²) in [6.07, 6.45) is 4.20. The topological polar surface area (TPSA) is 79.3 Å². The quantitative estimate of drug-likeness (QED) is 0.827. The summed E-state index contributed by atoms with van der Waals surface area (Å²) in [5.74, 6) is -1.67. The largest absolute Gasteiger partial charge is 0.478 e. The van der Waals surface area contributed by atoms with Crippen molar-refractivity contribution in [2.45, 2.75) is 6.42 Å². The molecule has 1 aromatic heterocycles. The van der Waals surface area contributed by atoms with Crippen LogP contribution < -0.4 is 5.32 Å². The van der Waals surface area contributed by atoms with Gasteiger partial charge in [0.15, 0.2) is 5.13 Å². The van der Waals surface area contributed by atoms with Gasteiger partial charge in [0.25, 0.3) is 0 Å². The highest BCUT2D eigenvalue weighted by Crippen LogP contribution is 2.21. The second kappa shape index (κ2) is 6.63. The molecule has 6 heteroatoms. The average molecular weight is 288 g/mol. The van der Waals surface area contributed by atoms with Crippen molar-refractivity contribution < 1.29 is 14.7 Å². The Balaban J connectivity index is 1.96. The number of benzene rings is 1. The average Bonchev–Trinajstić information content (AvgIpc) is 2.85. The third-order valence-corrected chi connectivity index (χ3v) is 3.29. The first-order valence-corrected chi connectivity index (χ1v) is 6.66. The van der Waals surface area contributed by atoms with Crippen LogP contribution in [0, 0.1) is 0 Å². The first kappa shape index (κ1) is 14.0. The Morgan fingerprint density at radius 3 is 2.70 bits per heavy atom. The summed E-state index contributed by atoms with van der Waals surface area (Å²) in [4.78, 5) is 26.8. The summed E-state index contributed by atoms with van der Waals surface area (Å²) in [6, 6.07) is 9.93. The molecule has 102 valence electrons. The molecule has 5 nitrogen and oxygen atoms in total. The lowest BCUT2D eigenvalue weighted by atomic mass is 10.1. The first-order chi connectivity index (χ1) is 9.63. The van der Waals surface area contributed by atoms with Crippen LogP contribution in [0.5, 0.6) is 0 Å². The van der Waals surface area contributed by atoms with E-state index in [9.17, 15) is 9.59 Å². The molecule has 0 radical (unpaired) electrons. The van der Waals surface area contributed by atoms with Gasteiger partial charge in [0, 0.05) is 29.6 Å². The second-order valence-corrected chi connectivity index (χ2v) is 5.07. The molecule has 0 unspecified atom stereocenters. The number of rotatable bonds is 5. The minimum absolute atomic E-state index is 0.455. The number of carboxylic acids is 1. The molecular weight excluding hydrogens is 276 g/mol. The van der Waals surface area contributed by atoms with Crippen molar-refractivity contribution in [1.29, 1.82) is 0 Å². The van der Waals surface area contributed by atoms with Crippen molar-refractivity contribution >= 4 is 28.3 Å². The number of carbonyl (C=O) groups is 2. The molecule has 1 aromatic carbocycles. The summed E-state index contributed by atoms with van der Waals surface area (Å²) in [6.45, 7) is 0. The molecule has 2 rings (SSSR count). The van der Waals surface area contributed by atoms with Gasteiger partial charge in [0.05, 0.1) is 0 Å². The van der Waals surface area contributed by atoms with Gasteiger partial charge in [-0.3, -0.25) is 10.1 Å². The van der Waals surface area contributed by atoms with E-state index in [0.717, 1.165) is 23.5 Å². The molecule has 0 spiro atoms. The van der Waals surface area contributed by atoms with E-state index in [2.05, 4.69) is 10.3 Å². The SMILES string of the molecule is O=C(O)/C=C/C(=O)Nc1ncc(Cc2ccccc2)s1. The highest BCUT2D eigenvalue weighted by atomic mass is 32.1. The number of amides is 1. The Morgan fingerprint density at radius 2 is 2.00 bits per heavy atom. The molecular formula is C14H12N2O3S. The normalized spacial score (nSPS) is 10.6. The number of hydrogen-bond donors (Lipinski definition) is 2. The molecule has 1 amide bonds. The number of hydrogen-bond acceptors (Lipinski definition) is 4. The van der Waals surface area contributed by atoms with E-state index in [1.165, 1.54) is 16.9 Å². The maximum atomic E-state index is 11.4. The lowest BCUT2D eigenvalue weighted by Crippen LogP contribution is -2.08. The Bertz CT molecular complexity index is 635. The lowest BCUT2D eigenvalue weighted by molar-refractivity contribution is -0.131. The molecule has 0 saturated carbocycles. The van der Waals surface area contributed by atoms with Crippen LogP contribution in [0.1, 0.15) is 10.4 Å². The molecule has 0 fully saturated rings. The van der Waals surface area contributed by atoms with Gasteiger partial charge >= 0.3 is 5.97 Å². The maximum absolute atomic E-state index is 11.4. The van der Waals surface area contributed by atoms with E-state index in [1.807, 2.05) is 30.3 Å². The summed E-state index contributed by atoms with van der Waals surface area (Å²) in [5.41, 5.74) is 1.17. The Morgan fingerprint density at radius 1 is 1.25 bits per heavy atom. The van der Waals surface area contributed by atoms with E-state index in [1.54, 1.807) is 6.20 Å². The zero-order valence-corrected chi connectivity index (χ0v) is 11.3. The fourth-order valence-corrected chi connectivity index (χ4v) is 2.39. The number of carbonyl (C=O) groups excluding carboxylic acids is 1. The fraction of sp³-hybridized carbons (Fsp3) is 0.0714. The molecule has 2 N–H and O–H groups in total. The van der Waals surface area contributed by atoms with Crippen molar-refractivity contribution in [2.24, 2.45) is 0 Å². The fourth-order valence-electron chi connectivity index (χ4n) is 1.54. The van der Waals surface area contributed by atoms with Gasteiger partial charge < -0.3 is 5.11 Å². The number of aliphatic carboxylic acids is 1. The van der Waals surface area contributed by atoms with Crippen LogP contribution in [-0.4, -0.2) is 22.0 Å². The van der Waals surface area contributed by atoms with E-state index in [4.69, 9.17) is 5.11 Å². The zero-order valence-electron chi connectivity index (χ0n) is 10.4. The van der Waals surface area contributed by atoms with Crippen molar-refractivity contribution in [1.82, 2.24) is 4.98 Å². The van der Waals surface area contributed by atoms with E-state index >= 15 is 0 Å². The lowest BCUT2D eigenvalue weighted by Gasteiger charge is -1.97. The van der Waals surface area contributed by atoms with Gasteiger partial charge in [-0.05, 0) is 5.56 Å². The molecule has 0 atom stereocenters. The van der Waals surface area contributed by atoms with Crippen LogP contribution in [-0.2, 0) is 16.0 Å². The zero-order chi connectivity index (χ0) is 14.4. The predicted octanol–water partition coefficient (Wildman–Crippen LogP) is 2.31. The molecule has 1 heterocycles. The Kier molecular flexibility index (Phi) is 4.62. The van der Waals surface area contributed by atoms with Crippen molar-refractivity contribution in [3.63, 3.8) is 0 Å². The molecule has 0 aliphatic rings. The third-order valence-electron chi connectivity index (χ3n) is 2.38. The van der Waals surface area contributed by atoms with Crippen LogP contribution in [0.3, 0.4) is 0 Å². The molecule has 0 aliphatic carbocycles. The summed E-state index contributed by atoms with van der Waals surface area (Å²) in [7, 11) is 0. The molecule has 0 bridgehead atoms. The van der Waals surface area contributed by atoms with Crippen molar-refractivity contribution in [2.75, 3.05) is 5.32 Å². The minimum Gasteiger partial charge on any atom is -0.478 e. The third kappa shape index (κ3) is 4.33. The van der Waals surface area contributed by atoms with Crippen LogP contribution in [0.2, 0.25) is 0 Å². The molecule has 0 saturated heterocycles. The van der Waals surface area contributed by atoms with Crippen molar-refractivity contribution in [3.8, 4) is 0 Å². The highest BCUT2D eigenvalue weighted by Gasteiger charge is 2.05. The van der Waals surface area contributed by atoms with Gasteiger partial charge in [0.2, 0.25) is 5.91 Å². The number of nitrogens with one attached hydrogen (secondary N) is 1. The first-order valence-electron chi connectivity index (χ1n) is 5.84. The predicted molar refractivity (Wildman–Crippen MR) is 76.8 cm³/mol. The number of thiazole rings is 1. The standard InChI is InChI=1S/C14H12N2O3S/c17-12(6-7-13(18)19)16-14-15-9-11(20-14)8-10-4-2-1-3-5-10/h1-7,9H,8H2,(H,18,19)(H,15,16,17)/b7-6+. The molecule has 0 aliphatic heterocycles. The molecule has 20 heavy (non-hydrogen) atoms. The summed E-state index contributed by atoms with van der Waals surface area (Å²) >= 11 is 1.37. The van der Waals surface area contributed by atoms with E-state index in [0.29, 0.717) is 5.13 Å². The van der Waals surface area contributed by atoms with Gasteiger partial charge in [0.1, 0.15) is 0 Å². The van der Waals surface area contributed by atoms with Crippen molar-refractivity contribution in [3.05, 3.63) is 59.1 Å². The molecule has 2 aromatic rings. The Hall–Kier alpha value is -2.47. The van der Waals surface area contributed by atoms with Crippen LogP contribution in [0.15, 0.2) is 48.7 Å². The number of anilines is 1. The number of aromatic nitrogens is 1. The van der Waals surface area contributed by atoms with Crippen LogP contribution in [0.25, 0.3) is 0 Å². The van der Waals surface area contributed by atoms with Gasteiger partial charge in [-0.2, -0.15) is 0 Å². The minimum atomic E-state index is -1.16. The van der Waals surface area contributed by atoms with Gasteiger partial charge in [-0.25, -0.2) is 9.78 Å². The monoisotopic (exact) mass is 288 g/mol. The second-order valence-electron chi connectivity index (χ2n) is 3.95. The van der Waals surface area contributed by atoms with Crippen LogP contribution in [0.4, 0.5) is 5.13 Å². The smallest absolute Gasteiger partial charge is 0.328 e. The summed E-state index contributed by atoms with van der Waals surface area (Å²) < 4.78 is 0. The van der Waals surface area contributed by atoms with E-state index < -0.39 is 11.9 Å². The van der Waals surface area contributed by atoms with Gasteiger partial charge in [-0.1, -0.05) is 30.3 Å². The number of nitrogens with zero attached hydrogens (tertiary/aromatic N) is 1. The highest BCUT2D eigenvalue weighted by molar-refractivity contribution is 7.15. The van der Waals surface area contributed by atoms with E-state index in [-0.39, 0.29) is 0 Å². The Labute approximate surface area is 119 Å². The number of carboxylic acid groups (broad SMARTS) is 1.